The van der Waals surface area contributed by atoms with Gasteiger partial charge in [0.2, 0.25) is 5.75 Å². The van der Waals surface area contributed by atoms with Crippen LogP contribution < -0.4 is 5.56 Å². The molecule has 7 heteroatoms. The van der Waals surface area contributed by atoms with Gasteiger partial charge in [0.1, 0.15) is 11.4 Å². The number of hydrogen-bond acceptors (Lipinski definition) is 6. The summed E-state index contributed by atoms with van der Waals surface area (Å²) in [5, 5.41) is 19.0. The van der Waals surface area contributed by atoms with Crippen LogP contribution in [-0.2, 0) is 16.9 Å². The van der Waals surface area contributed by atoms with Crippen LogP contribution in [0.4, 0.5) is 0 Å². The van der Waals surface area contributed by atoms with Gasteiger partial charge in [0.05, 0.1) is 13.2 Å². The monoisotopic (exact) mass is 308 g/mol. The lowest BCUT2D eigenvalue weighted by Gasteiger charge is -2.36. The van der Waals surface area contributed by atoms with E-state index < -0.39 is 22.7 Å². The molecule has 22 heavy (non-hydrogen) atoms. The first-order valence-electron chi connectivity index (χ1n) is 7.58. The number of ether oxygens (including phenoxy) is 1. The molecule has 1 aromatic heterocycles. The van der Waals surface area contributed by atoms with Gasteiger partial charge in [-0.1, -0.05) is 0 Å². The number of aliphatic hydroxyl groups is 1. The van der Waals surface area contributed by atoms with E-state index in [9.17, 15) is 14.7 Å². The molecule has 0 atom stereocenters. The van der Waals surface area contributed by atoms with Crippen molar-refractivity contribution in [3.8, 4) is 5.75 Å². The number of ketones is 1. The Kier molecular flexibility index (Phi) is 3.78. The van der Waals surface area contributed by atoms with E-state index in [1.54, 1.807) is 0 Å². The molecular formula is C15H20N2O5. The maximum atomic E-state index is 12.4. The fourth-order valence-electron chi connectivity index (χ4n) is 3.57. The van der Waals surface area contributed by atoms with Crippen LogP contribution in [-0.4, -0.2) is 38.8 Å². The Morgan fingerprint density at radius 3 is 2.73 bits per heavy atom. The van der Waals surface area contributed by atoms with Crippen molar-refractivity contribution in [2.75, 3.05) is 13.2 Å². The van der Waals surface area contributed by atoms with E-state index in [-0.39, 0.29) is 18.9 Å². The number of carbonyl (C=O) groups excluding carboxylic acids is 1. The molecule has 120 valence electrons. The van der Waals surface area contributed by atoms with Crippen molar-refractivity contribution in [1.82, 2.24) is 9.55 Å². The Morgan fingerprint density at radius 2 is 2.14 bits per heavy atom. The van der Waals surface area contributed by atoms with E-state index in [0.29, 0.717) is 31.1 Å². The van der Waals surface area contributed by atoms with Gasteiger partial charge in [0, 0.05) is 13.5 Å². The summed E-state index contributed by atoms with van der Waals surface area (Å²) in [7, 11) is 0. The highest BCUT2D eigenvalue weighted by Crippen LogP contribution is 2.45. The van der Waals surface area contributed by atoms with Crippen LogP contribution in [0.2, 0.25) is 0 Å². The lowest BCUT2D eigenvalue weighted by molar-refractivity contribution is -0.0937. The fraction of sp³-hybridized carbons (Fsp3) is 0.667. The Labute approximate surface area is 127 Å². The fourth-order valence-corrected chi connectivity index (χ4v) is 3.57. The molecule has 0 saturated heterocycles. The van der Waals surface area contributed by atoms with E-state index in [2.05, 4.69) is 4.98 Å². The lowest BCUT2D eigenvalue weighted by atomic mass is 9.80. The Bertz CT molecular complexity index is 659. The summed E-state index contributed by atoms with van der Waals surface area (Å²) in [5.74, 6) is -0.285. The highest BCUT2D eigenvalue weighted by atomic mass is 16.5. The van der Waals surface area contributed by atoms with E-state index in [1.807, 2.05) is 0 Å². The van der Waals surface area contributed by atoms with Crippen LogP contribution in [0.5, 0.6) is 5.75 Å². The Balaban J connectivity index is 2.21. The number of Topliss-reactive ketones (excluding diaryl/α,β-unsaturated/α-hetero) is 1. The van der Waals surface area contributed by atoms with E-state index in [0.717, 1.165) is 12.8 Å². The molecule has 0 aromatic carbocycles. The third-order valence-corrected chi connectivity index (χ3v) is 4.71. The van der Waals surface area contributed by atoms with Crippen LogP contribution in [0, 0.1) is 5.92 Å². The molecule has 0 amide bonds. The molecule has 2 bridgehead atoms. The van der Waals surface area contributed by atoms with Crippen LogP contribution in [0.25, 0.3) is 0 Å². The average molecular weight is 308 g/mol. The van der Waals surface area contributed by atoms with Crippen LogP contribution >= 0.6 is 0 Å². The van der Waals surface area contributed by atoms with Crippen molar-refractivity contribution in [3.05, 3.63) is 21.9 Å². The Hall–Kier alpha value is -1.73. The van der Waals surface area contributed by atoms with Crippen LogP contribution in [0.15, 0.2) is 4.79 Å². The smallest absolute Gasteiger partial charge is 0.296 e. The predicted octanol–water partition coefficient (Wildman–Crippen LogP) is 0.559. The van der Waals surface area contributed by atoms with E-state index in [1.165, 1.54) is 11.5 Å². The predicted molar refractivity (Wildman–Crippen MR) is 76.8 cm³/mol. The van der Waals surface area contributed by atoms with Crippen molar-refractivity contribution in [1.29, 1.82) is 0 Å². The maximum absolute atomic E-state index is 12.4. The quantitative estimate of drug-likeness (QED) is 0.788. The van der Waals surface area contributed by atoms with Gasteiger partial charge in [-0.05, 0) is 31.6 Å². The van der Waals surface area contributed by atoms with Crippen LogP contribution in [0.3, 0.4) is 0 Å². The number of hydrogen-bond donors (Lipinski definition) is 2. The molecule has 2 N–H and O–H groups in total. The Morgan fingerprint density at radius 1 is 1.45 bits per heavy atom. The minimum Gasteiger partial charge on any atom is -0.501 e. The molecule has 0 radical (unpaired) electrons. The van der Waals surface area contributed by atoms with Gasteiger partial charge in [-0.15, -0.1) is 0 Å². The minimum absolute atomic E-state index is 0.118. The third kappa shape index (κ3) is 2.24. The normalized spacial score (nSPS) is 26.5. The van der Waals surface area contributed by atoms with Gasteiger partial charge in [-0.3, -0.25) is 14.2 Å². The van der Waals surface area contributed by atoms with Gasteiger partial charge in [-0.25, -0.2) is 4.98 Å². The number of fused-ring (bicyclic) bond motifs is 2. The summed E-state index contributed by atoms with van der Waals surface area (Å²) in [6, 6.07) is 0. The summed E-state index contributed by atoms with van der Waals surface area (Å²) < 4.78 is 7.33. The topological polar surface area (TPSA) is 102 Å². The SMILES string of the molecule is CC(=O)c1nc2n(c(=O)c1O)CC1CCC2(OCCO)CC1. The summed E-state index contributed by atoms with van der Waals surface area (Å²) in [6.07, 6.45) is 3.19. The third-order valence-electron chi connectivity index (χ3n) is 4.71. The maximum Gasteiger partial charge on any atom is 0.296 e. The number of aromatic hydroxyl groups is 1. The van der Waals surface area contributed by atoms with E-state index in [4.69, 9.17) is 9.84 Å². The minimum atomic E-state index is -0.757. The standard InChI is InChI=1S/C15H20N2O5/c1-9(19)11-12(20)13(21)17-8-10-2-4-15(5-3-10,14(17)16-11)22-7-6-18/h10,18,20H,2-8H2,1H3. The van der Waals surface area contributed by atoms with Crippen LogP contribution in [0.1, 0.15) is 48.9 Å². The van der Waals surface area contributed by atoms with Crippen molar-refractivity contribution in [3.63, 3.8) is 0 Å². The molecule has 1 saturated carbocycles. The van der Waals surface area contributed by atoms with Crippen molar-refractivity contribution < 1.29 is 19.7 Å². The number of aliphatic hydroxyl groups excluding tert-OH is 1. The van der Waals surface area contributed by atoms with Gasteiger partial charge in [0.25, 0.3) is 5.56 Å². The lowest BCUT2D eigenvalue weighted by Crippen LogP contribution is -2.38. The summed E-state index contributed by atoms with van der Waals surface area (Å²) >= 11 is 0. The van der Waals surface area contributed by atoms with Gasteiger partial charge in [0.15, 0.2) is 11.5 Å². The molecule has 3 heterocycles. The number of nitrogens with zero attached hydrogens (tertiary/aromatic N) is 2. The molecule has 2 aliphatic heterocycles. The molecule has 4 rings (SSSR count). The number of aromatic nitrogens is 2. The van der Waals surface area contributed by atoms with E-state index >= 15 is 0 Å². The molecule has 1 aromatic rings. The van der Waals surface area contributed by atoms with Gasteiger partial charge >= 0.3 is 0 Å². The first kappa shape index (κ1) is 15.2. The molecule has 7 nitrogen and oxygen atoms in total. The molecule has 0 unspecified atom stereocenters. The second-order valence-electron chi connectivity index (χ2n) is 6.11. The molecule has 3 aliphatic rings. The molecule has 1 aliphatic carbocycles. The highest BCUT2D eigenvalue weighted by molar-refractivity contribution is 5.94. The number of carbonyl (C=O) groups is 1. The largest absolute Gasteiger partial charge is 0.501 e. The molecular weight excluding hydrogens is 288 g/mol. The first-order chi connectivity index (χ1) is 10.5. The van der Waals surface area contributed by atoms with Gasteiger partial charge < -0.3 is 14.9 Å². The first-order valence-corrected chi connectivity index (χ1v) is 7.58. The average Bonchev–Trinajstić information content (AvgIpc) is 2.75. The zero-order valence-corrected chi connectivity index (χ0v) is 12.5. The summed E-state index contributed by atoms with van der Waals surface area (Å²) in [5.41, 5.74) is -1.54. The number of rotatable bonds is 4. The van der Waals surface area contributed by atoms with Crippen molar-refractivity contribution >= 4 is 5.78 Å². The second-order valence-corrected chi connectivity index (χ2v) is 6.11. The zero-order valence-electron chi connectivity index (χ0n) is 12.5. The molecule has 0 spiro atoms. The second kappa shape index (κ2) is 5.48. The highest BCUT2D eigenvalue weighted by Gasteiger charge is 2.45. The van der Waals surface area contributed by atoms with Gasteiger partial charge in [-0.2, -0.15) is 0 Å². The van der Waals surface area contributed by atoms with Crippen molar-refractivity contribution in [2.45, 2.75) is 44.8 Å². The molecule has 1 fully saturated rings. The summed E-state index contributed by atoms with van der Waals surface area (Å²) in [4.78, 5) is 28.4. The zero-order chi connectivity index (χ0) is 15.9. The van der Waals surface area contributed by atoms with Crippen molar-refractivity contribution in [2.24, 2.45) is 5.92 Å². The summed E-state index contributed by atoms with van der Waals surface area (Å²) in [6.45, 7) is 1.79.